The summed E-state index contributed by atoms with van der Waals surface area (Å²) in [5, 5.41) is 2.92. The van der Waals surface area contributed by atoms with Crippen LogP contribution >= 0.6 is 0 Å². The maximum atomic E-state index is 12.3. The number of para-hydroxylation sites is 1. The Bertz CT molecular complexity index is 1010. The molecule has 24 heavy (non-hydrogen) atoms. The number of nitrogens with one attached hydrogen (secondary N) is 2. The summed E-state index contributed by atoms with van der Waals surface area (Å²) in [4.78, 5) is 38.9. The first kappa shape index (κ1) is 16.4. The molecule has 1 fully saturated rings. The lowest BCUT2D eigenvalue weighted by Crippen LogP contribution is -2.41. The van der Waals surface area contributed by atoms with Crippen LogP contribution in [-0.4, -0.2) is 41.9 Å². The first-order valence-electron chi connectivity index (χ1n) is 7.55. The van der Waals surface area contributed by atoms with Gasteiger partial charge in [-0.2, -0.15) is 0 Å². The van der Waals surface area contributed by atoms with E-state index in [2.05, 4.69) is 10.3 Å². The fourth-order valence-electron chi connectivity index (χ4n) is 2.83. The van der Waals surface area contributed by atoms with Crippen LogP contribution in [0, 0.1) is 5.92 Å². The first-order valence-corrected chi connectivity index (χ1v) is 9.37. The summed E-state index contributed by atoms with van der Waals surface area (Å²) in [6.45, 7) is -0.184. The minimum absolute atomic E-state index is 0.0593. The van der Waals surface area contributed by atoms with E-state index >= 15 is 0 Å². The number of aromatic amines is 1. The van der Waals surface area contributed by atoms with Gasteiger partial charge in [0.15, 0.2) is 9.84 Å². The van der Waals surface area contributed by atoms with Gasteiger partial charge in [-0.05, 0) is 24.5 Å². The molecule has 0 saturated carbocycles. The Balaban J connectivity index is 1.72. The maximum Gasteiger partial charge on any atom is 0.329 e. The van der Waals surface area contributed by atoms with E-state index in [9.17, 15) is 22.8 Å². The first-order chi connectivity index (χ1) is 11.4. The zero-order valence-electron chi connectivity index (χ0n) is 12.8. The quantitative estimate of drug-likeness (QED) is 0.751. The summed E-state index contributed by atoms with van der Waals surface area (Å²) >= 11 is 0. The Labute approximate surface area is 137 Å². The van der Waals surface area contributed by atoms with E-state index in [1.54, 1.807) is 24.3 Å². The van der Waals surface area contributed by atoms with Crippen LogP contribution in [0.15, 0.2) is 33.9 Å². The highest BCUT2D eigenvalue weighted by molar-refractivity contribution is 7.91. The number of rotatable bonds is 4. The molecule has 0 spiro atoms. The summed E-state index contributed by atoms with van der Waals surface area (Å²) in [6, 6.07) is 6.56. The maximum absolute atomic E-state index is 12.3. The predicted octanol–water partition coefficient (Wildman–Crippen LogP) is -0.759. The third-order valence-electron chi connectivity index (χ3n) is 4.11. The molecule has 8 nitrogen and oxygen atoms in total. The molecule has 128 valence electrons. The Kier molecular flexibility index (Phi) is 4.27. The minimum Gasteiger partial charge on any atom is -0.354 e. The molecule has 3 rings (SSSR count). The molecule has 0 bridgehead atoms. The molecule has 2 aromatic rings. The number of hydrogen-bond donors (Lipinski definition) is 2. The molecule has 1 atom stereocenters. The van der Waals surface area contributed by atoms with E-state index in [1.165, 1.54) is 0 Å². The number of carbonyl (C=O) groups excluding carboxylic acids is 1. The number of benzene rings is 1. The summed E-state index contributed by atoms with van der Waals surface area (Å²) in [7, 11) is -3.00. The fraction of sp³-hybridized carbons (Fsp3) is 0.400. The van der Waals surface area contributed by atoms with Crippen molar-refractivity contribution in [2.24, 2.45) is 5.92 Å². The summed E-state index contributed by atoms with van der Waals surface area (Å²) in [5.74, 6) is -0.422. The van der Waals surface area contributed by atoms with E-state index in [0.29, 0.717) is 17.3 Å². The molecule has 1 aromatic carbocycles. The number of carbonyl (C=O) groups is 1. The molecule has 1 aliphatic rings. The Morgan fingerprint density at radius 1 is 1.29 bits per heavy atom. The van der Waals surface area contributed by atoms with Crippen LogP contribution in [0.25, 0.3) is 10.9 Å². The number of sulfone groups is 1. The summed E-state index contributed by atoms with van der Waals surface area (Å²) in [6.07, 6.45) is 0.513. The lowest BCUT2D eigenvalue weighted by Gasteiger charge is -2.10. The van der Waals surface area contributed by atoms with Gasteiger partial charge < -0.3 is 10.3 Å². The molecule has 0 aliphatic carbocycles. The van der Waals surface area contributed by atoms with Crippen molar-refractivity contribution in [2.75, 3.05) is 18.1 Å². The molecule has 0 radical (unpaired) electrons. The Hall–Kier alpha value is -2.42. The predicted molar refractivity (Wildman–Crippen MR) is 88.6 cm³/mol. The van der Waals surface area contributed by atoms with Gasteiger partial charge in [-0.25, -0.2) is 13.2 Å². The van der Waals surface area contributed by atoms with Crippen molar-refractivity contribution in [3.8, 4) is 0 Å². The number of aromatic nitrogens is 2. The lowest BCUT2D eigenvalue weighted by molar-refractivity contribution is -0.121. The molecule has 1 amide bonds. The second kappa shape index (κ2) is 6.23. The van der Waals surface area contributed by atoms with Crippen LogP contribution in [0.5, 0.6) is 0 Å². The summed E-state index contributed by atoms with van der Waals surface area (Å²) in [5.41, 5.74) is -0.773. The molecular formula is C15H17N3O5S. The van der Waals surface area contributed by atoms with E-state index in [0.717, 1.165) is 4.57 Å². The van der Waals surface area contributed by atoms with E-state index < -0.39 is 33.5 Å². The smallest absolute Gasteiger partial charge is 0.329 e. The molecule has 0 unspecified atom stereocenters. The van der Waals surface area contributed by atoms with E-state index in [1.807, 2.05) is 0 Å². The second-order valence-corrected chi connectivity index (χ2v) is 8.17. The SMILES string of the molecule is O=C(Cn1c(=O)[nH]c2ccccc2c1=O)NC[C@H]1CCS(=O)(=O)C1. The summed E-state index contributed by atoms with van der Waals surface area (Å²) < 4.78 is 23.6. The average Bonchev–Trinajstić information content (AvgIpc) is 2.88. The zero-order valence-corrected chi connectivity index (χ0v) is 13.6. The van der Waals surface area contributed by atoms with Gasteiger partial charge in [0.25, 0.3) is 5.56 Å². The van der Waals surface area contributed by atoms with E-state index in [-0.39, 0.29) is 24.0 Å². The van der Waals surface area contributed by atoms with Crippen LogP contribution < -0.4 is 16.6 Å². The average molecular weight is 351 g/mol. The van der Waals surface area contributed by atoms with Crippen LogP contribution in [0.3, 0.4) is 0 Å². The molecule has 2 N–H and O–H groups in total. The molecule has 1 saturated heterocycles. The van der Waals surface area contributed by atoms with E-state index in [4.69, 9.17) is 0 Å². The number of amides is 1. The molecular weight excluding hydrogens is 334 g/mol. The van der Waals surface area contributed by atoms with Crippen LogP contribution in [0.1, 0.15) is 6.42 Å². The van der Waals surface area contributed by atoms with Crippen molar-refractivity contribution in [3.05, 3.63) is 45.1 Å². The van der Waals surface area contributed by atoms with Gasteiger partial charge in [0.05, 0.1) is 22.4 Å². The minimum atomic E-state index is -3.00. The van der Waals surface area contributed by atoms with Gasteiger partial charge >= 0.3 is 5.69 Å². The van der Waals surface area contributed by atoms with Crippen molar-refractivity contribution in [1.29, 1.82) is 0 Å². The Morgan fingerprint density at radius 3 is 2.75 bits per heavy atom. The van der Waals surface area contributed by atoms with Crippen LogP contribution in [-0.2, 0) is 21.2 Å². The third kappa shape index (κ3) is 3.40. The van der Waals surface area contributed by atoms with Gasteiger partial charge in [-0.1, -0.05) is 12.1 Å². The number of nitrogens with zero attached hydrogens (tertiary/aromatic N) is 1. The van der Waals surface area contributed by atoms with Crippen molar-refractivity contribution in [1.82, 2.24) is 14.9 Å². The highest BCUT2D eigenvalue weighted by Gasteiger charge is 2.28. The lowest BCUT2D eigenvalue weighted by atomic mass is 10.1. The highest BCUT2D eigenvalue weighted by Crippen LogP contribution is 2.17. The van der Waals surface area contributed by atoms with Crippen molar-refractivity contribution in [2.45, 2.75) is 13.0 Å². The number of fused-ring (bicyclic) bond motifs is 1. The standard InChI is InChI=1S/C15H17N3O5S/c19-13(16-7-10-5-6-24(22,23)9-10)8-18-14(20)11-3-1-2-4-12(11)17-15(18)21/h1-4,10H,5-9H2,(H,16,19)(H,17,21)/t10-/m1/s1. The molecule has 1 aliphatic heterocycles. The topological polar surface area (TPSA) is 118 Å². The second-order valence-electron chi connectivity index (χ2n) is 5.94. The van der Waals surface area contributed by atoms with Crippen LogP contribution in [0.4, 0.5) is 0 Å². The van der Waals surface area contributed by atoms with Crippen molar-refractivity contribution >= 4 is 26.6 Å². The van der Waals surface area contributed by atoms with Gasteiger partial charge in [-0.15, -0.1) is 0 Å². The Morgan fingerprint density at radius 2 is 2.04 bits per heavy atom. The molecule has 1 aromatic heterocycles. The molecule has 2 heterocycles. The van der Waals surface area contributed by atoms with Gasteiger partial charge in [0.2, 0.25) is 5.91 Å². The highest BCUT2D eigenvalue weighted by atomic mass is 32.2. The zero-order chi connectivity index (χ0) is 17.3. The number of H-pyrrole nitrogens is 1. The van der Waals surface area contributed by atoms with Gasteiger partial charge in [0, 0.05) is 6.54 Å². The third-order valence-corrected chi connectivity index (χ3v) is 5.94. The largest absolute Gasteiger partial charge is 0.354 e. The molecule has 9 heteroatoms. The normalized spacial score (nSPS) is 19.4. The van der Waals surface area contributed by atoms with Gasteiger partial charge in [0.1, 0.15) is 6.54 Å². The van der Waals surface area contributed by atoms with Crippen LogP contribution in [0.2, 0.25) is 0 Å². The van der Waals surface area contributed by atoms with Crippen molar-refractivity contribution in [3.63, 3.8) is 0 Å². The van der Waals surface area contributed by atoms with Gasteiger partial charge in [-0.3, -0.25) is 14.2 Å². The fourth-order valence-corrected chi connectivity index (χ4v) is 4.70. The number of hydrogen-bond acceptors (Lipinski definition) is 5. The van der Waals surface area contributed by atoms with Crippen molar-refractivity contribution < 1.29 is 13.2 Å². The monoisotopic (exact) mass is 351 g/mol.